The van der Waals surface area contributed by atoms with Crippen molar-refractivity contribution in [3.8, 4) is 0 Å². The molecule has 0 aliphatic carbocycles. The monoisotopic (exact) mass is 469 g/mol. The quantitative estimate of drug-likeness (QED) is 0.345. The minimum absolute atomic E-state index is 0.124. The second kappa shape index (κ2) is 9.18. The van der Waals surface area contributed by atoms with Crippen molar-refractivity contribution in [2.45, 2.75) is 23.2 Å². The van der Waals surface area contributed by atoms with Crippen LogP contribution in [0.4, 0.5) is 5.82 Å². The summed E-state index contributed by atoms with van der Waals surface area (Å²) in [6, 6.07) is 14.2. The van der Waals surface area contributed by atoms with Gasteiger partial charge in [0.2, 0.25) is 5.91 Å². The fraction of sp³-hybridized carbons (Fsp3) is 0.217. The highest BCUT2D eigenvalue weighted by Gasteiger charge is 2.32. The predicted octanol–water partition coefficient (Wildman–Crippen LogP) is 3.99. The number of halogens is 1. The van der Waals surface area contributed by atoms with E-state index in [1.807, 2.05) is 24.3 Å². The molecule has 4 rings (SSSR count). The first-order valence-corrected chi connectivity index (χ1v) is 11.2. The highest BCUT2D eigenvalue weighted by Crippen LogP contribution is 2.36. The first-order chi connectivity index (χ1) is 15.4. The number of hydrogen-bond acceptors (Lipinski definition) is 6. The molecule has 32 heavy (non-hydrogen) atoms. The van der Waals surface area contributed by atoms with Gasteiger partial charge < -0.3 is 14.6 Å². The summed E-state index contributed by atoms with van der Waals surface area (Å²) in [5.41, 5.74) is 2.26. The third-order valence-corrected chi connectivity index (χ3v) is 6.67. The molecule has 1 atom stereocenters. The van der Waals surface area contributed by atoms with E-state index in [0.29, 0.717) is 32.9 Å². The molecule has 0 saturated heterocycles. The van der Waals surface area contributed by atoms with Crippen LogP contribution in [0.3, 0.4) is 0 Å². The number of anilines is 1. The van der Waals surface area contributed by atoms with Crippen molar-refractivity contribution in [2.24, 2.45) is 7.05 Å². The topological polar surface area (TPSA) is 90.3 Å². The van der Waals surface area contributed by atoms with Gasteiger partial charge in [0.05, 0.1) is 18.2 Å². The summed E-state index contributed by atoms with van der Waals surface area (Å²) in [6.07, 6.45) is 0.124. The number of nitrogens with one attached hydrogen (secondary N) is 1. The van der Waals surface area contributed by atoms with Gasteiger partial charge in [-0.05, 0) is 35.4 Å². The molecule has 3 aromatic rings. The Morgan fingerprint density at radius 2 is 1.88 bits per heavy atom. The molecule has 2 heterocycles. The minimum atomic E-state index is -0.452. The molecule has 1 amide bonds. The first-order valence-electron chi connectivity index (χ1n) is 9.83. The lowest BCUT2D eigenvalue weighted by Crippen LogP contribution is -2.33. The Hall–Kier alpha value is -3.10. The van der Waals surface area contributed by atoms with Crippen LogP contribution in [0.5, 0.6) is 0 Å². The van der Waals surface area contributed by atoms with Crippen LogP contribution >= 0.6 is 23.4 Å². The Morgan fingerprint density at radius 1 is 1.19 bits per heavy atom. The standard InChI is InChI=1S/C23H20ClN3O4S/c1-27-20-19(21(29)26-23(27)32-12-13-3-9-16(24)10-4-13)17(11-18(28)25-20)14-5-7-15(8-6-14)22(30)31-2/h3-10,17H,11-12H2,1-2H3,(H,25,28)/t17-/m1/s1. The minimum Gasteiger partial charge on any atom is -0.465 e. The maximum Gasteiger partial charge on any atom is 0.337 e. The lowest BCUT2D eigenvalue weighted by atomic mass is 9.86. The summed E-state index contributed by atoms with van der Waals surface area (Å²) in [5.74, 6) is -0.0377. The normalized spacial score (nSPS) is 15.1. The molecule has 0 saturated carbocycles. The second-order valence-corrected chi connectivity index (χ2v) is 8.73. The SMILES string of the molecule is COC(=O)c1ccc([C@H]2CC(=O)Nc3c2c(=O)nc(SCc2ccc(Cl)cc2)n3C)cc1. The van der Waals surface area contributed by atoms with E-state index in [0.717, 1.165) is 11.1 Å². The number of rotatable bonds is 5. The zero-order chi connectivity index (χ0) is 22.8. The molecule has 1 aromatic heterocycles. The number of amides is 1. The number of fused-ring (bicyclic) bond motifs is 1. The van der Waals surface area contributed by atoms with Crippen molar-refractivity contribution >= 4 is 41.1 Å². The highest BCUT2D eigenvalue weighted by molar-refractivity contribution is 7.98. The van der Waals surface area contributed by atoms with Gasteiger partial charge in [0.15, 0.2) is 5.16 Å². The van der Waals surface area contributed by atoms with Gasteiger partial charge in [-0.3, -0.25) is 9.59 Å². The van der Waals surface area contributed by atoms with Crippen LogP contribution in [0.1, 0.15) is 39.4 Å². The number of ether oxygens (including phenoxy) is 1. The van der Waals surface area contributed by atoms with E-state index >= 15 is 0 Å². The number of carbonyl (C=O) groups excluding carboxylic acids is 2. The van der Waals surface area contributed by atoms with Crippen LogP contribution in [0, 0.1) is 0 Å². The fourth-order valence-electron chi connectivity index (χ4n) is 3.65. The molecule has 7 nitrogen and oxygen atoms in total. The number of carbonyl (C=O) groups is 2. The Balaban J connectivity index is 1.67. The summed E-state index contributed by atoms with van der Waals surface area (Å²) in [7, 11) is 3.09. The van der Waals surface area contributed by atoms with Crippen LogP contribution < -0.4 is 10.9 Å². The van der Waals surface area contributed by atoms with E-state index in [4.69, 9.17) is 16.3 Å². The summed E-state index contributed by atoms with van der Waals surface area (Å²) >= 11 is 7.34. The molecular formula is C23H20ClN3O4S. The van der Waals surface area contributed by atoms with Gasteiger partial charge in [-0.25, -0.2) is 4.79 Å². The molecule has 0 radical (unpaired) electrons. The predicted molar refractivity (Wildman–Crippen MR) is 123 cm³/mol. The van der Waals surface area contributed by atoms with Gasteiger partial charge in [-0.15, -0.1) is 0 Å². The third kappa shape index (κ3) is 4.42. The van der Waals surface area contributed by atoms with E-state index in [9.17, 15) is 14.4 Å². The average Bonchev–Trinajstić information content (AvgIpc) is 2.80. The smallest absolute Gasteiger partial charge is 0.337 e. The summed E-state index contributed by atoms with van der Waals surface area (Å²) in [5, 5.41) is 4.00. The Labute approximate surface area is 193 Å². The van der Waals surface area contributed by atoms with E-state index in [1.165, 1.54) is 18.9 Å². The molecule has 1 aliphatic heterocycles. The van der Waals surface area contributed by atoms with Gasteiger partial charge in [0.1, 0.15) is 5.82 Å². The fourth-order valence-corrected chi connectivity index (χ4v) is 4.69. The number of hydrogen-bond donors (Lipinski definition) is 1. The maximum atomic E-state index is 13.0. The van der Waals surface area contributed by atoms with Gasteiger partial charge >= 0.3 is 5.97 Å². The lowest BCUT2D eigenvalue weighted by Gasteiger charge is -2.27. The largest absolute Gasteiger partial charge is 0.465 e. The molecule has 164 valence electrons. The maximum absolute atomic E-state index is 13.0. The molecule has 1 aliphatic rings. The van der Waals surface area contributed by atoms with Gasteiger partial charge in [-0.2, -0.15) is 4.98 Å². The number of thioether (sulfide) groups is 1. The first kappa shape index (κ1) is 22.1. The second-order valence-electron chi connectivity index (χ2n) is 7.35. The molecule has 1 N–H and O–H groups in total. The lowest BCUT2D eigenvalue weighted by molar-refractivity contribution is -0.116. The molecule has 0 unspecified atom stereocenters. The summed E-state index contributed by atoms with van der Waals surface area (Å²) < 4.78 is 6.47. The van der Waals surface area contributed by atoms with E-state index in [-0.39, 0.29) is 17.9 Å². The van der Waals surface area contributed by atoms with Crippen LogP contribution in [0.25, 0.3) is 0 Å². The number of methoxy groups -OCH3 is 1. The summed E-state index contributed by atoms with van der Waals surface area (Å²) in [4.78, 5) is 41.5. The van der Waals surface area contributed by atoms with E-state index in [2.05, 4.69) is 10.3 Å². The van der Waals surface area contributed by atoms with Crippen molar-refractivity contribution in [1.29, 1.82) is 0 Å². The van der Waals surface area contributed by atoms with Crippen LogP contribution in [0.2, 0.25) is 5.02 Å². The van der Waals surface area contributed by atoms with Gasteiger partial charge in [0, 0.05) is 30.2 Å². The van der Waals surface area contributed by atoms with Crippen molar-refractivity contribution in [3.63, 3.8) is 0 Å². The van der Waals surface area contributed by atoms with E-state index in [1.54, 1.807) is 35.9 Å². The molecule has 0 fully saturated rings. The number of aromatic nitrogens is 2. The zero-order valence-electron chi connectivity index (χ0n) is 17.4. The van der Waals surface area contributed by atoms with Crippen LogP contribution in [0.15, 0.2) is 58.5 Å². The number of esters is 1. The zero-order valence-corrected chi connectivity index (χ0v) is 19.0. The van der Waals surface area contributed by atoms with Gasteiger partial charge in [-0.1, -0.05) is 47.6 Å². The Kier molecular flexibility index (Phi) is 6.34. The third-order valence-electron chi connectivity index (χ3n) is 5.32. The van der Waals surface area contributed by atoms with Crippen LogP contribution in [-0.2, 0) is 22.3 Å². The van der Waals surface area contributed by atoms with Crippen molar-refractivity contribution in [2.75, 3.05) is 12.4 Å². The van der Waals surface area contributed by atoms with Gasteiger partial charge in [0.25, 0.3) is 5.56 Å². The summed E-state index contributed by atoms with van der Waals surface area (Å²) in [6.45, 7) is 0. The number of benzene rings is 2. The van der Waals surface area contributed by atoms with Crippen molar-refractivity contribution in [1.82, 2.24) is 9.55 Å². The average molecular weight is 470 g/mol. The molecular weight excluding hydrogens is 450 g/mol. The Morgan fingerprint density at radius 3 is 2.53 bits per heavy atom. The van der Waals surface area contributed by atoms with Crippen molar-refractivity contribution < 1.29 is 14.3 Å². The van der Waals surface area contributed by atoms with Crippen molar-refractivity contribution in [3.05, 3.63) is 86.2 Å². The van der Waals surface area contributed by atoms with Crippen LogP contribution in [-0.4, -0.2) is 28.5 Å². The molecule has 0 spiro atoms. The molecule has 0 bridgehead atoms. The van der Waals surface area contributed by atoms with E-state index < -0.39 is 11.9 Å². The Bertz CT molecular complexity index is 1240. The number of nitrogens with zero attached hydrogens (tertiary/aromatic N) is 2. The molecule has 2 aromatic carbocycles. The molecule has 9 heteroatoms. The highest BCUT2D eigenvalue weighted by atomic mass is 35.5.